The molecule has 2 atom stereocenters. The lowest BCUT2D eigenvalue weighted by Gasteiger charge is -2.04. The Balaban J connectivity index is 1.53. The van der Waals surface area contributed by atoms with E-state index in [9.17, 15) is 0 Å². The summed E-state index contributed by atoms with van der Waals surface area (Å²) in [4.78, 5) is 0. The van der Waals surface area contributed by atoms with Crippen LogP contribution in [0.2, 0.25) is 0 Å². The summed E-state index contributed by atoms with van der Waals surface area (Å²) in [5.41, 5.74) is 2.84. The van der Waals surface area contributed by atoms with Crippen molar-refractivity contribution in [2.24, 2.45) is 0 Å². The Labute approximate surface area is 102 Å². The third kappa shape index (κ3) is 2.56. The molecule has 0 saturated heterocycles. The topological polar surface area (TPSA) is 12.0 Å². The van der Waals surface area contributed by atoms with Crippen LogP contribution in [0.5, 0.6) is 0 Å². The molecule has 1 aliphatic rings. The Morgan fingerprint density at radius 2 is 1.53 bits per heavy atom. The van der Waals surface area contributed by atoms with Gasteiger partial charge < -0.3 is 5.32 Å². The van der Waals surface area contributed by atoms with Gasteiger partial charge in [-0.2, -0.15) is 0 Å². The molecule has 0 radical (unpaired) electrons. The molecule has 1 aliphatic carbocycles. The van der Waals surface area contributed by atoms with E-state index in [1.807, 2.05) is 0 Å². The van der Waals surface area contributed by atoms with Crippen molar-refractivity contribution in [1.82, 2.24) is 5.32 Å². The van der Waals surface area contributed by atoms with Gasteiger partial charge in [-0.3, -0.25) is 0 Å². The fraction of sp³-hybridized carbons (Fsp3) is 0.250. The molecule has 2 unspecified atom stereocenters. The van der Waals surface area contributed by atoms with Gasteiger partial charge in [0.05, 0.1) is 0 Å². The van der Waals surface area contributed by atoms with Crippen molar-refractivity contribution in [1.29, 1.82) is 0 Å². The highest BCUT2D eigenvalue weighted by atomic mass is 15.0. The molecule has 2 aromatic rings. The van der Waals surface area contributed by atoms with Crippen LogP contribution in [0.25, 0.3) is 0 Å². The molecule has 0 heterocycles. The van der Waals surface area contributed by atoms with Crippen LogP contribution in [0, 0.1) is 0 Å². The summed E-state index contributed by atoms with van der Waals surface area (Å²) in [6, 6.07) is 22.1. The SMILES string of the molecule is c1ccc(CNC2CC2c2ccccc2)cc1. The van der Waals surface area contributed by atoms with Crippen molar-refractivity contribution in [3.05, 3.63) is 71.8 Å². The highest BCUT2D eigenvalue weighted by molar-refractivity contribution is 5.28. The Morgan fingerprint density at radius 3 is 2.24 bits per heavy atom. The van der Waals surface area contributed by atoms with Crippen LogP contribution in [0.3, 0.4) is 0 Å². The Bertz CT molecular complexity index is 463. The lowest BCUT2D eigenvalue weighted by atomic mass is 10.1. The van der Waals surface area contributed by atoms with Crippen molar-refractivity contribution in [2.45, 2.75) is 24.9 Å². The van der Waals surface area contributed by atoms with Gasteiger partial charge in [0.1, 0.15) is 0 Å². The van der Waals surface area contributed by atoms with Gasteiger partial charge in [-0.1, -0.05) is 60.7 Å². The van der Waals surface area contributed by atoms with Crippen molar-refractivity contribution in [3.8, 4) is 0 Å². The van der Waals surface area contributed by atoms with Crippen LogP contribution in [0.4, 0.5) is 0 Å². The molecule has 86 valence electrons. The van der Waals surface area contributed by atoms with Crippen LogP contribution < -0.4 is 5.32 Å². The molecule has 1 saturated carbocycles. The van der Waals surface area contributed by atoms with Crippen molar-refractivity contribution in [3.63, 3.8) is 0 Å². The monoisotopic (exact) mass is 223 g/mol. The maximum atomic E-state index is 3.62. The van der Waals surface area contributed by atoms with Crippen LogP contribution in [-0.4, -0.2) is 6.04 Å². The predicted molar refractivity (Wildman–Crippen MR) is 70.9 cm³/mol. The number of benzene rings is 2. The Hall–Kier alpha value is -1.60. The van der Waals surface area contributed by atoms with E-state index >= 15 is 0 Å². The zero-order chi connectivity index (χ0) is 11.5. The Kier molecular flexibility index (Phi) is 2.93. The number of rotatable bonds is 4. The third-order valence-electron chi connectivity index (χ3n) is 3.43. The number of nitrogens with one attached hydrogen (secondary N) is 1. The van der Waals surface area contributed by atoms with Gasteiger partial charge in [0.25, 0.3) is 0 Å². The van der Waals surface area contributed by atoms with Gasteiger partial charge in [0.15, 0.2) is 0 Å². The average molecular weight is 223 g/mol. The van der Waals surface area contributed by atoms with E-state index < -0.39 is 0 Å². The van der Waals surface area contributed by atoms with Crippen molar-refractivity contribution in [2.75, 3.05) is 0 Å². The summed E-state index contributed by atoms with van der Waals surface area (Å²) in [5, 5.41) is 3.62. The molecule has 0 aliphatic heterocycles. The zero-order valence-corrected chi connectivity index (χ0v) is 9.84. The standard InChI is InChI=1S/C16H17N/c1-3-7-13(8-4-1)12-17-16-11-15(16)14-9-5-2-6-10-14/h1-10,15-17H,11-12H2. The van der Waals surface area contributed by atoms with Crippen molar-refractivity contribution >= 4 is 0 Å². The fourth-order valence-corrected chi connectivity index (χ4v) is 2.33. The van der Waals surface area contributed by atoms with Gasteiger partial charge >= 0.3 is 0 Å². The molecule has 0 bridgehead atoms. The van der Waals surface area contributed by atoms with Gasteiger partial charge in [-0.05, 0) is 17.5 Å². The lowest BCUT2D eigenvalue weighted by molar-refractivity contribution is 0.673. The van der Waals surface area contributed by atoms with Crippen LogP contribution in [0.15, 0.2) is 60.7 Å². The minimum Gasteiger partial charge on any atom is -0.309 e. The minimum absolute atomic E-state index is 0.664. The second-order valence-electron chi connectivity index (χ2n) is 4.73. The molecule has 1 N–H and O–H groups in total. The normalized spacial score (nSPS) is 22.4. The first-order valence-electron chi connectivity index (χ1n) is 6.26. The number of hydrogen-bond donors (Lipinski definition) is 1. The first-order chi connectivity index (χ1) is 8.43. The van der Waals surface area contributed by atoms with E-state index in [1.165, 1.54) is 17.5 Å². The van der Waals surface area contributed by atoms with E-state index in [-0.39, 0.29) is 0 Å². The molecule has 1 heteroatoms. The van der Waals surface area contributed by atoms with E-state index in [1.54, 1.807) is 0 Å². The van der Waals surface area contributed by atoms with Gasteiger partial charge in [-0.25, -0.2) is 0 Å². The molecular formula is C16H17N. The summed E-state index contributed by atoms with van der Waals surface area (Å²) in [6.07, 6.45) is 1.27. The van der Waals surface area contributed by atoms with Crippen LogP contribution in [-0.2, 0) is 6.54 Å². The first kappa shape index (κ1) is 10.5. The minimum atomic E-state index is 0.664. The predicted octanol–water partition coefficient (Wildman–Crippen LogP) is 3.33. The quantitative estimate of drug-likeness (QED) is 0.838. The molecule has 1 nitrogen and oxygen atoms in total. The highest BCUT2D eigenvalue weighted by Crippen LogP contribution is 2.40. The van der Waals surface area contributed by atoms with Gasteiger partial charge in [0, 0.05) is 18.5 Å². The summed E-state index contributed by atoms with van der Waals surface area (Å²) in [6.45, 7) is 0.981. The lowest BCUT2D eigenvalue weighted by Crippen LogP contribution is -2.17. The largest absolute Gasteiger partial charge is 0.309 e. The zero-order valence-electron chi connectivity index (χ0n) is 9.84. The third-order valence-corrected chi connectivity index (χ3v) is 3.43. The maximum absolute atomic E-state index is 3.62. The summed E-state index contributed by atoms with van der Waals surface area (Å²) in [7, 11) is 0. The Morgan fingerprint density at radius 1 is 0.882 bits per heavy atom. The first-order valence-corrected chi connectivity index (χ1v) is 6.26. The van der Waals surface area contributed by atoms with Crippen LogP contribution in [0.1, 0.15) is 23.5 Å². The van der Waals surface area contributed by atoms with E-state index in [0.717, 1.165) is 12.5 Å². The highest BCUT2D eigenvalue weighted by Gasteiger charge is 2.37. The average Bonchev–Trinajstić information content (AvgIpc) is 3.18. The number of hydrogen-bond acceptors (Lipinski definition) is 1. The molecule has 3 rings (SSSR count). The van der Waals surface area contributed by atoms with Gasteiger partial charge in [0.2, 0.25) is 0 Å². The summed E-state index contributed by atoms with van der Waals surface area (Å²) < 4.78 is 0. The molecule has 0 aromatic heterocycles. The molecule has 0 spiro atoms. The molecule has 2 aromatic carbocycles. The molecule has 17 heavy (non-hydrogen) atoms. The summed E-state index contributed by atoms with van der Waals surface area (Å²) in [5.74, 6) is 0.722. The maximum Gasteiger partial charge on any atom is 0.0208 e. The van der Waals surface area contributed by atoms with E-state index in [4.69, 9.17) is 0 Å². The molecule has 1 fully saturated rings. The molecule has 0 amide bonds. The van der Waals surface area contributed by atoms with E-state index in [0.29, 0.717) is 6.04 Å². The van der Waals surface area contributed by atoms with Crippen LogP contribution >= 0.6 is 0 Å². The molecular weight excluding hydrogens is 206 g/mol. The summed E-state index contributed by atoms with van der Waals surface area (Å²) >= 11 is 0. The van der Waals surface area contributed by atoms with Gasteiger partial charge in [-0.15, -0.1) is 0 Å². The van der Waals surface area contributed by atoms with Crippen molar-refractivity contribution < 1.29 is 0 Å². The smallest absolute Gasteiger partial charge is 0.0208 e. The second-order valence-corrected chi connectivity index (χ2v) is 4.73. The second kappa shape index (κ2) is 4.72. The van der Waals surface area contributed by atoms with E-state index in [2.05, 4.69) is 66.0 Å². The fourth-order valence-electron chi connectivity index (χ4n) is 2.33.